The number of thioether (sulfide) groups is 1. The van der Waals surface area contributed by atoms with Gasteiger partial charge in [0.1, 0.15) is 16.1 Å². The standard InChI is InChI=1S/C12H10BrFN2OS/c1-7-11(13)12(17)16-10(15-7)6-18-9-4-2-8(14)3-5-9/h2-5H,6H2,1H3,(H,15,16,17). The Morgan fingerprint density at radius 3 is 2.67 bits per heavy atom. The van der Waals surface area contributed by atoms with Crippen molar-refractivity contribution in [3.63, 3.8) is 0 Å². The van der Waals surface area contributed by atoms with Crippen LogP contribution < -0.4 is 5.56 Å². The van der Waals surface area contributed by atoms with Crippen LogP contribution in [-0.2, 0) is 5.75 Å². The van der Waals surface area contributed by atoms with Gasteiger partial charge in [-0.15, -0.1) is 11.8 Å². The van der Waals surface area contributed by atoms with E-state index in [0.717, 1.165) is 4.90 Å². The molecule has 0 aliphatic heterocycles. The lowest BCUT2D eigenvalue weighted by Crippen LogP contribution is -2.13. The Morgan fingerprint density at radius 2 is 2.06 bits per heavy atom. The second kappa shape index (κ2) is 5.67. The monoisotopic (exact) mass is 328 g/mol. The summed E-state index contributed by atoms with van der Waals surface area (Å²) in [5.74, 6) is 0.884. The van der Waals surface area contributed by atoms with Crippen molar-refractivity contribution in [3.8, 4) is 0 Å². The summed E-state index contributed by atoms with van der Waals surface area (Å²) in [4.78, 5) is 19.4. The van der Waals surface area contributed by atoms with Gasteiger partial charge in [0.2, 0.25) is 0 Å². The van der Waals surface area contributed by atoms with Crippen LogP contribution in [-0.4, -0.2) is 9.97 Å². The van der Waals surface area contributed by atoms with Crippen LogP contribution in [0.1, 0.15) is 11.5 Å². The number of nitrogens with zero attached hydrogens (tertiary/aromatic N) is 1. The average molecular weight is 329 g/mol. The summed E-state index contributed by atoms with van der Waals surface area (Å²) in [7, 11) is 0. The van der Waals surface area contributed by atoms with E-state index in [0.29, 0.717) is 21.7 Å². The second-order valence-electron chi connectivity index (χ2n) is 3.65. The lowest BCUT2D eigenvalue weighted by Gasteiger charge is -2.03. The molecular weight excluding hydrogens is 319 g/mol. The predicted molar refractivity (Wildman–Crippen MR) is 73.3 cm³/mol. The maximum Gasteiger partial charge on any atom is 0.265 e. The maximum absolute atomic E-state index is 12.7. The molecule has 0 radical (unpaired) electrons. The van der Waals surface area contributed by atoms with E-state index in [1.807, 2.05) is 0 Å². The van der Waals surface area contributed by atoms with Gasteiger partial charge in [0.05, 0.1) is 11.4 Å². The minimum Gasteiger partial charge on any atom is -0.309 e. The third-order valence-corrected chi connectivity index (χ3v) is 4.22. The van der Waals surface area contributed by atoms with Gasteiger partial charge in [-0.25, -0.2) is 9.37 Å². The van der Waals surface area contributed by atoms with Crippen molar-refractivity contribution in [1.82, 2.24) is 9.97 Å². The van der Waals surface area contributed by atoms with Gasteiger partial charge in [-0.1, -0.05) is 0 Å². The first kappa shape index (κ1) is 13.3. The first-order valence-corrected chi connectivity index (χ1v) is 6.98. The van der Waals surface area contributed by atoms with Crippen LogP contribution in [0.3, 0.4) is 0 Å². The molecule has 0 spiro atoms. The summed E-state index contributed by atoms with van der Waals surface area (Å²) in [6.07, 6.45) is 0. The lowest BCUT2D eigenvalue weighted by molar-refractivity contribution is 0.626. The smallest absolute Gasteiger partial charge is 0.265 e. The molecule has 1 aromatic heterocycles. The molecule has 0 unspecified atom stereocenters. The first-order valence-electron chi connectivity index (χ1n) is 5.20. The number of halogens is 2. The Bertz CT molecular complexity index is 612. The number of nitrogens with one attached hydrogen (secondary N) is 1. The van der Waals surface area contributed by atoms with Crippen LogP contribution >= 0.6 is 27.7 Å². The Kier molecular flexibility index (Phi) is 4.19. The Labute approximate surface area is 116 Å². The highest BCUT2D eigenvalue weighted by molar-refractivity contribution is 9.10. The van der Waals surface area contributed by atoms with Crippen molar-refractivity contribution < 1.29 is 4.39 Å². The van der Waals surface area contributed by atoms with Gasteiger partial charge in [0.15, 0.2) is 0 Å². The number of aryl methyl sites for hydroxylation is 1. The van der Waals surface area contributed by atoms with E-state index in [4.69, 9.17) is 0 Å². The molecule has 3 nitrogen and oxygen atoms in total. The summed E-state index contributed by atoms with van der Waals surface area (Å²) in [6, 6.07) is 6.21. The van der Waals surface area contributed by atoms with E-state index in [1.54, 1.807) is 19.1 Å². The Morgan fingerprint density at radius 1 is 1.39 bits per heavy atom. The van der Waals surface area contributed by atoms with Gasteiger partial charge in [0.25, 0.3) is 5.56 Å². The minimum atomic E-state index is -0.259. The van der Waals surface area contributed by atoms with Crippen molar-refractivity contribution in [2.45, 2.75) is 17.6 Å². The van der Waals surface area contributed by atoms with Crippen molar-refractivity contribution in [3.05, 3.63) is 56.4 Å². The normalized spacial score (nSPS) is 10.6. The lowest BCUT2D eigenvalue weighted by atomic mass is 10.4. The summed E-state index contributed by atoms with van der Waals surface area (Å²) < 4.78 is 13.2. The van der Waals surface area contributed by atoms with Gasteiger partial charge in [-0.05, 0) is 47.1 Å². The van der Waals surface area contributed by atoms with Crippen LogP contribution in [0.4, 0.5) is 4.39 Å². The third-order valence-electron chi connectivity index (χ3n) is 2.27. The van der Waals surface area contributed by atoms with Gasteiger partial charge in [-0.2, -0.15) is 0 Å². The highest BCUT2D eigenvalue weighted by Crippen LogP contribution is 2.21. The zero-order valence-corrected chi connectivity index (χ0v) is 11.9. The Balaban J connectivity index is 2.11. The van der Waals surface area contributed by atoms with Crippen molar-refractivity contribution >= 4 is 27.7 Å². The highest BCUT2D eigenvalue weighted by atomic mass is 79.9. The molecule has 2 aromatic rings. The summed E-state index contributed by atoms with van der Waals surface area (Å²) in [5, 5.41) is 0. The van der Waals surface area contributed by atoms with Crippen LogP contribution in [0, 0.1) is 12.7 Å². The molecule has 2 rings (SSSR count). The molecular formula is C12H10BrFN2OS. The minimum absolute atomic E-state index is 0.183. The SMILES string of the molecule is Cc1nc(CSc2ccc(F)cc2)[nH]c(=O)c1Br. The quantitative estimate of drug-likeness (QED) is 0.879. The molecule has 6 heteroatoms. The van der Waals surface area contributed by atoms with Gasteiger partial charge in [0, 0.05) is 4.90 Å². The topological polar surface area (TPSA) is 45.8 Å². The van der Waals surface area contributed by atoms with E-state index < -0.39 is 0 Å². The van der Waals surface area contributed by atoms with E-state index in [-0.39, 0.29) is 11.4 Å². The van der Waals surface area contributed by atoms with Crippen molar-refractivity contribution in [1.29, 1.82) is 0 Å². The van der Waals surface area contributed by atoms with E-state index >= 15 is 0 Å². The fourth-order valence-electron chi connectivity index (χ4n) is 1.38. The average Bonchev–Trinajstić information content (AvgIpc) is 2.35. The summed E-state index contributed by atoms with van der Waals surface area (Å²) in [5.41, 5.74) is 0.477. The van der Waals surface area contributed by atoms with Crippen LogP contribution in [0.2, 0.25) is 0 Å². The maximum atomic E-state index is 12.7. The number of hydrogen-bond acceptors (Lipinski definition) is 3. The van der Waals surface area contributed by atoms with Crippen LogP contribution in [0.25, 0.3) is 0 Å². The van der Waals surface area contributed by atoms with Gasteiger partial charge >= 0.3 is 0 Å². The largest absolute Gasteiger partial charge is 0.309 e. The molecule has 0 atom stereocenters. The van der Waals surface area contributed by atoms with Gasteiger partial charge in [-0.3, -0.25) is 4.79 Å². The number of hydrogen-bond donors (Lipinski definition) is 1. The third kappa shape index (κ3) is 3.20. The molecule has 0 aliphatic carbocycles. The van der Waals surface area contributed by atoms with E-state index in [1.165, 1.54) is 23.9 Å². The number of H-pyrrole nitrogens is 1. The number of benzene rings is 1. The summed E-state index contributed by atoms with van der Waals surface area (Å²) in [6.45, 7) is 1.77. The zero-order valence-electron chi connectivity index (χ0n) is 9.54. The summed E-state index contributed by atoms with van der Waals surface area (Å²) >= 11 is 4.65. The number of aromatic amines is 1. The molecule has 1 heterocycles. The van der Waals surface area contributed by atoms with E-state index in [9.17, 15) is 9.18 Å². The predicted octanol–water partition coefficient (Wildman–Crippen LogP) is 3.27. The second-order valence-corrected chi connectivity index (χ2v) is 5.50. The molecule has 0 bridgehead atoms. The molecule has 0 saturated heterocycles. The molecule has 94 valence electrons. The van der Waals surface area contributed by atoms with Crippen molar-refractivity contribution in [2.75, 3.05) is 0 Å². The molecule has 0 saturated carbocycles. The molecule has 1 N–H and O–H groups in total. The fraction of sp³-hybridized carbons (Fsp3) is 0.167. The molecule has 1 aromatic carbocycles. The Hall–Kier alpha value is -1.14. The van der Waals surface area contributed by atoms with Crippen molar-refractivity contribution in [2.24, 2.45) is 0 Å². The molecule has 0 amide bonds. The molecule has 0 aliphatic rings. The highest BCUT2D eigenvalue weighted by Gasteiger charge is 2.05. The molecule has 0 fully saturated rings. The molecule has 18 heavy (non-hydrogen) atoms. The fourth-order valence-corrected chi connectivity index (χ4v) is 2.34. The van der Waals surface area contributed by atoms with Gasteiger partial charge < -0.3 is 4.98 Å². The first-order chi connectivity index (χ1) is 8.56. The van der Waals surface area contributed by atoms with Crippen LogP contribution in [0.15, 0.2) is 38.4 Å². The number of aromatic nitrogens is 2. The van der Waals surface area contributed by atoms with Crippen LogP contribution in [0.5, 0.6) is 0 Å². The van der Waals surface area contributed by atoms with E-state index in [2.05, 4.69) is 25.9 Å². The zero-order chi connectivity index (χ0) is 13.1. The number of rotatable bonds is 3.